The Bertz CT molecular complexity index is 275. The van der Waals surface area contributed by atoms with Gasteiger partial charge in [-0.15, -0.1) is 11.8 Å². The minimum absolute atomic E-state index is 0.600. The van der Waals surface area contributed by atoms with Crippen molar-refractivity contribution in [1.82, 2.24) is 0 Å². The Balaban J connectivity index is 1.74. The van der Waals surface area contributed by atoms with Gasteiger partial charge in [-0.05, 0) is 12.8 Å². The van der Waals surface area contributed by atoms with Crippen LogP contribution in [0.15, 0.2) is 4.99 Å². The number of thioether (sulfide) groups is 1. The fourth-order valence-corrected chi connectivity index (χ4v) is 4.37. The third-order valence-corrected chi connectivity index (χ3v) is 5.96. The van der Waals surface area contributed by atoms with Crippen LogP contribution in [0.1, 0.15) is 110 Å². The van der Waals surface area contributed by atoms with Gasteiger partial charge >= 0.3 is 0 Å². The smallest absolute Gasteiger partial charge is 0.0954 e. The van der Waals surface area contributed by atoms with Gasteiger partial charge in [-0.2, -0.15) is 0 Å². The average molecular weight is 326 g/mol. The average Bonchev–Trinajstić information content (AvgIpc) is 3.00. The van der Waals surface area contributed by atoms with Crippen molar-refractivity contribution in [1.29, 1.82) is 0 Å². The number of hydrogen-bond acceptors (Lipinski definition) is 2. The molecule has 0 amide bonds. The fraction of sp³-hybridized carbons (Fsp3) is 0.950. The van der Waals surface area contributed by atoms with Gasteiger partial charge in [0.15, 0.2) is 0 Å². The summed E-state index contributed by atoms with van der Waals surface area (Å²) in [6, 6.07) is 0. The molecule has 0 saturated carbocycles. The number of nitrogens with zero attached hydrogens (tertiary/aromatic N) is 1. The van der Waals surface area contributed by atoms with Crippen molar-refractivity contribution in [3.05, 3.63) is 0 Å². The van der Waals surface area contributed by atoms with Crippen molar-refractivity contribution in [3.63, 3.8) is 0 Å². The lowest BCUT2D eigenvalue weighted by molar-refractivity contribution is 0.535. The molecule has 2 heteroatoms. The molecule has 0 radical (unpaired) electrons. The van der Waals surface area contributed by atoms with Crippen LogP contribution in [0.2, 0.25) is 0 Å². The van der Waals surface area contributed by atoms with Gasteiger partial charge in [0.05, 0.1) is 5.37 Å². The summed E-state index contributed by atoms with van der Waals surface area (Å²) in [6.07, 6.45) is 21.2. The Kier molecular flexibility index (Phi) is 13.3. The summed E-state index contributed by atoms with van der Waals surface area (Å²) in [4.78, 5) is 4.78. The fourth-order valence-electron chi connectivity index (χ4n) is 3.15. The van der Waals surface area contributed by atoms with Crippen LogP contribution in [0.3, 0.4) is 0 Å². The highest BCUT2D eigenvalue weighted by Crippen LogP contribution is 2.26. The van der Waals surface area contributed by atoms with Gasteiger partial charge in [-0.3, -0.25) is 4.99 Å². The van der Waals surface area contributed by atoms with E-state index in [0.29, 0.717) is 5.37 Å². The second kappa shape index (κ2) is 14.6. The third kappa shape index (κ3) is 10.7. The monoisotopic (exact) mass is 325 g/mol. The van der Waals surface area contributed by atoms with Crippen molar-refractivity contribution in [2.45, 2.75) is 116 Å². The van der Waals surface area contributed by atoms with Crippen LogP contribution in [-0.4, -0.2) is 16.8 Å². The molecule has 1 unspecified atom stereocenters. The zero-order valence-electron chi connectivity index (χ0n) is 15.2. The number of hydrogen-bond donors (Lipinski definition) is 0. The molecule has 0 aromatic heterocycles. The molecular formula is C20H39NS. The maximum atomic E-state index is 4.78. The molecule has 1 atom stereocenters. The number of rotatable bonds is 15. The minimum atomic E-state index is 0.600. The van der Waals surface area contributed by atoms with E-state index in [1.807, 2.05) is 0 Å². The Labute approximate surface area is 144 Å². The van der Waals surface area contributed by atoms with Crippen LogP contribution < -0.4 is 0 Å². The summed E-state index contributed by atoms with van der Waals surface area (Å²) in [6.45, 7) is 4.52. The lowest BCUT2D eigenvalue weighted by Gasteiger charge is -2.06. The Morgan fingerprint density at radius 2 is 1.27 bits per heavy atom. The van der Waals surface area contributed by atoms with Crippen LogP contribution in [0.5, 0.6) is 0 Å². The lowest BCUT2D eigenvalue weighted by atomic mass is 10.0. The molecule has 0 N–H and O–H groups in total. The van der Waals surface area contributed by atoms with Gasteiger partial charge in [-0.1, -0.05) is 97.3 Å². The molecule has 130 valence electrons. The maximum Gasteiger partial charge on any atom is 0.0954 e. The van der Waals surface area contributed by atoms with Gasteiger partial charge in [0, 0.05) is 11.5 Å². The number of unbranched alkanes of at least 4 members (excludes halogenated alkanes) is 12. The SMILES string of the molecule is CCCCCCCCCCCCCCCC1N=C(CC)CS1. The molecule has 22 heavy (non-hydrogen) atoms. The lowest BCUT2D eigenvalue weighted by Crippen LogP contribution is -1.94. The predicted molar refractivity (Wildman–Crippen MR) is 104 cm³/mol. The van der Waals surface area contributed by atoms with Crippen LogP contribution in [0, 0.1) is 0 Å². The summed E-state index contributed by atoms with van der Waals surface area (Å²) in [5.41, 5.74) is 1.43. The van der Waals surface area contributed by atoms with Gasteiger partial charge in [0.1, 0.15) is 0 Å². The van der Waals surface area contributed by atoms with Crippen molar-refractivity contribution < 1.29 is 0 Å². The van der Waals surface area contributed by atoms with E-state index in [1.165, 1.54) is 101 Å². The first kappa shape index (κ1) is 20.1. The van der Waals surface area contributed by atoms with Crippen molar-refractivity contribution in [2.24, 2.45) is 4.99 Å². The molecule has 1 aliphatic rings. The largest absolute Gasteiger partial charge is 0.279 e. The summed E-state index contributed by atoms with van der Waals surface area (Å²) in [5.74, 6) is 1.19. The highest BCUT2D eigenvalue weighted by Gasteiger charge is 2.15. The molecule has 1 heterocycles. The molecule has 0 bridgehead atoms. The van der Waals surface area contributed by atoms with Crippen molar-refractivity contribution >= 4 is 17.5 Å². The van der Waals surface area contributed by atoms with E-state index in [1.54, 1.807) is 0 Å². The predicted octanol–water partition coefficient (Wildman–Crippen LogP) is 7.39. The standard InChI is InChI=1S/C20H39NS/c1-3-5-6-7-8-9-10-11-12-13-14-15-16-17-20-21-19(4-2)18-22-20/h20H,3-18H2,1-2H3. The molecule has 1 nitrogen and oxygen atoms in total. The first-order valence-corrected chi connectivity index (χ1v) is 11.1. The summed E-state index contributed by atoms with van der Waals surface area (Å²) < 4.78 is 0. The second-order valence-corrected chi connectivity index (χ2v) is 8.01. The van der Waals surface area contributed by atoms with Crippen LogP contribution in [0.25, 0.3) is 0 Å². The van der Waals surface area contributed by atoms with Crippen LogP contribution >= 0.6 is 11.8 Å². The molecule has 0 saturated heterocycles. The minimum Gasteiger partial charge on any atom is -0.279 e. The van der Waals surface area contributed by atoms with Crippen LogP contribution in [-0.2, 0) is 0 Å². The summed E-state index contributed by atoms with van der Waals surface area (Å²) in [7, 11) is 0. The van der Waals surface area contributed by atoms with E-state index in [-0.39, 0.29) is 0 Å². The summed E-state index contributed by atoms with van der Waals surface area (Å²) in [5, 5.41) is 0.600. The molecule has 0 aromatic carbocycles. The first-order chi connectivity index (χ1) is 10.9. The quantitative estimate of drug-likeness (QED) is 0.286. The summed E-state index contributed by atoms with van der Waals surface area (Å²) >= 11 is 2.06. The van der Waals surface area contributed by atoms with E-state index in [9.17, 15) is 0 Å². The van der Waals surface area contributed by atoms with E-state index < -0.39 is 0 Å². The van der Waals surface area contributed by atoms with Crippen molar-refractivity contribution in [3.8, 4) is 0 Å². The van der Waals surface area contributed by atoms with Crippen molar-refractivity contribution in [2.75, 3.05) is 5.75 Å². The zero-order valence-corrected chi connectivity index (χ0v) is 16.1. The van der Waals surface area contributed by atoms with Crippen LogP contribution in [0.4, 0.5) is 0 Å². The normalized spacial score (nSPS) is 17.9. The highest BCUT2D eigenvalue weighted by atomic mass is 32.2. The van der Waals surface area contributed by atoms with Gasteiger partial charge < -0.3 is 0 Å². The Hall–Kier alpha value is 0.0200. The van der Waals surface area contributed by atoms with Gasteiger partial charge in [0.2, 0.25) is 0 Å². The van der Waals surface area contributed by atoms with E-state index >= 15 is 0 Å². The molecule has 1 aliphatic heterocycles. The molecule has 0 fully saturated rings. The Morgan fingerprint density at radius 3 is 1.73 bits per heavy atom. The Morgan fingerprint density at radius 1 is 0.773 bits per heavy atom. The molecule has 0 aliphatic carbocycles. The molecule has 1 rings (SSSR count). The van der Waals surface area contributed by atoms with E-state index in [2.05, 4.69) is 25.6 Å². The van der Waals surface area contributed by atoms with E-state index in [4.69, 9.17) is 4.99 Å². The highest BCUT2D eigenvalue weighted by molar-refractivity contribution is 8.00. The molecule has 0 spiro atoms. The topological polar surface area (TPSA) is 12.4 Å². The third-order valence-electron chi connectivity index (χ3n) is 4.73. The zero-order chi connectivity index (χ0) is 15.9. The molecule has 0 aromatic rings. The van der Waals surface area contributed by atoms with Gasteiger partial charge in [0.25, 0.3) is 0 Å². The first-order valence-electron chi connectivity index (χ1n) is 10.0. The second-order valence-electron chi connectivity index (χ2n) is 6.85. The number of aliphatic imine (C=N–C) groups is 1. The molecular weight excluding hydrogens is 286 g/mol. The van der Waals surface area contributed by atoms with E-state index in [0.717, 1.165) is 6.42 Å². The van der Waals surface area contributed by atoms with Gasteiger partial charge in [-0.25, -0.2) is 0 Å². The maximum absolute atomic E-state index is 4.78.